The van der Waals surface area contributed by atoms with Crippen molar-refractivity contribution in [3.8, 4) is 0 Å². The van der Waals surface area contributed by atoms with Crippen molar-refractivity contribution in [1.82, 2.24) is 4.31 Å². The van der Waals surface area contributed by atoms with E-state index >= 15 is 0 Å². The van der Waals surface area contributed by atoms with E-state index in [1.807, 2.05) is 0 Å². The predicted octanol–water partition coefficient (Wildman–Crippen LogP) is 3.77. The number of halogens is 2. The van der Waals surface area contributed by atoms with Gasteiger partial charge in [0.1, 0.15) is 4.90 Å². The summed E-state index contributed by atoms with van der Waals surface area (Å²) in [6, 6.07) is 10.7. The Balaban J connectivity index is 1.81. The average Bonchev–Trinajstić information content (AvgIpc) is 2.73. The van der Waals surface area contributed by atoms with Crippen LogP contribution < -0.4 is 0 Å². The summed E-state index contributed by atoms with van der Waals surface area (Å²) in [5, 5.41) is -0.134. The van der Waals surface area contributed by atoms with Gasteiger partial charge in [-0.3, -0.25) is 4.79 Å². The number of carbonyl (C=O) groups is 2. The van der Waals surface area contributed by atoms with Crippen LogP contribution in [0.3, 0.4) is 0 Å². The molecule has 29 heavy (non-hydrogen) atoms. The number of Topliss-reactive ketones (excluding diaryl/α,β-unsaturated/α-hetero) is 1. The first kappa shape index (κ1) is 22.1. The molecule has 0 bridgehead atoms. The van der Waals surface area contributed by atoms with Crippen molar-refractivity contribution >= 4 is 56.7 Å². The van der Waals surface area contributed by atoms with Crippen LogP contribution in [0.15, 0.2) is 47.4 Å². The summed E-state index contributed by atoms with van der Waals surface area (Å²) in [5.41, 5.74) is 0.232. The van der Waals surface area contributed by atoms with Crippen LogP contribution >= 0.6 is 35.0 Å². The number of sulfonamides is 1. The first-order valence-electron chi connectivity index (χ1n) is 8.63. The Morgan fingerprint density at radius 1 is 1.03 bits per heavy atom. The molecule has 0 amide bonds. The first-order chi connectivity index (χ1) is 13.8. The number of thioether (sulfide) groups is 1. The molecular weight excluding hydrogens is 457 g/mol. The Kier molecular flexibility index (Phi) is 7.23. The normalized spacial score (nSPS) is 15.1. The van der Waals surface area contributed by atoms with Crippen molar-refractivity contribution in [3.05, 3.63) is 63.6 Å². The lowest BCUT2D eigenvalue weighted by Crippen LogP contribution is -2.38. The Morgan fingerprint density at radius 2 is 1.69 bits per heavy atom. The molecule has 0 saturated carbocycles. The van der Waals surface area contributed by atoms with Crippen LogP contribution in [0.2, 0.25) is 10.0 Å². The van der Waals surface area contributed by atoms with Crippen LogP contribution in [-0.2, 0) is 14.8 Å². The minimum Gasteiger partial charge on any atom is -0.454 e. The quantitative estimate of drug-likeness (QED) is 0.469. The number of hydrogen-bond donors (Lipinski definition) is 0. The summed E-state index contributed by atoms with van der Waals surface area (Å²) in [6.07, 6.45) is 0. The average molecular weight is 474 g/mol. The maximum atomic E-state index is 12.9. The van der Waals surface area contributed by atoms with E-state index in [9.17, 15) is 18.0 Å². The van der Waals surface area contributed by atoms with Gasteiger partial charge in [-0.2, -0.15) is 16.1 Å². The van der Waals surface area contributed by atoms with E-state index in [1.165, 1.54) is 10.4 Å². The van der Waals surface area contributed by atoms with Crippen LogP contribution in [0.1, 0.15) is 20.7 Å². The zero-order valence-corrected chi connectivity index (χ0v) is 18.3. The maximum Gasteiger partial charge on any atom is 0.340 e. The topological polar surface area (TPSA) is 80.8 Å². The van der Waals surface area contributed by atoms with Gasteiger partial charge in [0, 0.05) is 30.2 Å². The Bertz CT molecular complexity index is 1020. The summed E-state index contributed by atoms with van der Waals surface area (Å²) in [5.74, 6) is 0.0753. The van der Waals surface area contributed by atoms with E-state index in [1.54, 1.807) is 42.1 Å². The zero-order valence-electron chi connectivity index (χ0n) is 15.1. The van der Waals surface area contributed by atoms with E-state index in [2.05, 4.69) is 0 Å². The Labute approximate surface area is 183 Å². The highest BCUT2D eigenvalue weighted by Gasteiger charge is 2.30. The molecule has 1 fully saturated rings. The van der Waals surface area contributed by atoms with Crippen LogP contribution in [0.5, 0.6) is 0 Å². The minimum atomic E-state index is -3.89. The standard InChI is InChI=1S/C19H17Cl2NO5S2/c20-15-11-16(21)18(29(25,26)22-6-8-28-9-7-22)10-14(15)19(24)27-12-17(23)13-4-2-1-3-5-13/h1-5,10-11H,6-9,12H2. The fourth-order valence-corrected chi connectivity index (χ4v) is 6.13. The van der Waals surface area contributed by atoms with Crippen molar-refractivity contribution < 1.29 is 22.7 Å². The molecule has 2 aromatic rings. The molecule has 0 atom stereocenters. The van der Waals surface area contributed by atoms with Crippen molar-refractivity contribution in [2.75, 3.05) is 31.2 Å². The van der Waals surface area contributed by atoms with Gasteiger partial charge < -0.3 is 4.74 Å². The number of esters is 1. The molecule has 2 aromatic carbocycles. The summed E-state index contributed by atoms with van der Waals surface area (Å²) in [4.78, 5) is 24.4. The van der Waals surface area contributed by atoms with Crippen molar-refractivity contribution in [2.24, 2.45) is 0 Å². The number of hydrogen-bond acceptors (Lipinski definition) is 6. The number of benzene rings is 2. The minimum absolute atomic E-state index is 0.0553. The van der Waals surface area contributed by atoms with Gasteiger partial charge in [0.2, 0.25) is 10.0 Å². The molecule has 6 nitrogen and oxygen atoms in total. The van der Waals surface area contributed by atoms with E-state index in [4.69, 9.17) is 27.9 Å². The zero-order chi connectivity index (χ0) is 21.0. The van der Waals surface area contributed by atoms with E-state index in [0.29, 0.717) is 30.2 Å². The molecule has 0 radical (unpaired) electrons. The molecule has 0 unspecified atom stereocenters. The van der Waals surface area contributed by atoms with Gasteiger partial charge in [-0.1, -0.05) is 53.5 Å². The summed E-state index contributed by atoms with van der Waals surface area (Å²) in [7, 11) is -3.89. The molecule has 1 saturated heterocycles. The molecule has 0 N–H and O–H groups in total. The molecule has 3 rings (SSSR count). The van der Waals surface area contributed by atoms with E-state index in [0.717, 1.165) is 6.07 Å². The maximum absolute atomic E-state index is 12.9. The Morgan fingerprint density at radius 3 is 2.34 bits per heavy atom. The fraction of sp³-hybridized carbons (Fsp3) is 0.263. The highest BCUT2D eigenvalue weighted by Crippen LogP contribution is 2.32. The number of nitrogens with zero attached hydrogens (tertiary/aromatic N) is 1. The van der Waals surface area contributed by atoms with Gasteiger partial charge in [-0.25, -0.2) is 13.2 Å². The van der Waals surface area contributed by atoms with Gasteiger partial charge in [0.25, 0.3) is 0 Å². The predicted molar refractivity (Wildman–Crippen MR) is 114 cm³/mol. The molecule has 0 spiro atoms. The second-order valence-electron chi connectivity index (χ2n) is 6.14. The molecular formula is C19H17Cl2NO5S2. The highest BCUT2D eigenvalue weighted by atomic mass is 35.5. The first-order valence-corrected chi connectivity index (χ1v) is 12.0. The second kappa shape index (κ2) is 9.49. The largest absolute Gasteiger partial charge is 0.454 e. The fourth-order valence-electron chi connectivity index (χ4n) is 2.73. The van der Waals surface area contributed by atoms with Crippen LogP contribution in [0, 0.1) is 0 Å². The Hall–Kier alpha value is -1.58. The summed E-state index contributed by atoms with van der Waals surface area (Å²) < 4.78 is 32.2. The SMILES string of the molecule is O=C(COC(=O)c1cc(S(=O)(=O)N2CCSCC2)c(Cl)cc1Cl)c1ccccc1. The van der Waals surface area contributed by atoms with Gasteiger partial charge in [-0.05, 0) is 12.1 Å². The molecule has 1 aliphatic rings. The molecule has 1 aliphatic heterocycles. The number of ether oxygens (including phenoxy) is 1. The molecule has 1 heterocycles. The van der Waals surface area contributed by atoms with Gasteiger partial charge in [0.05, 0.1) is 15.6 Å². The van der Waals surface area contributed by atoms with Crippen molar-refractivity contribution in [1.29, 1.82) is 0 Å². The third kappa shape index (κ3) is 5.13. The van der Waals surface area contributed by atoms with Crippen molar-refractivity contribution in [3.63, 3.8) is 0 Å². The lowest BCUT2D eigenvalue weighted by molar-refractivity contribution is 0.0474. The molecule has 154 valence electrons. The third-order valence-corrected chi connectivity index (χ3v) is 7.88. The molecule has 0 aliphatic carbocycles. The van der Waals surface area contributed by atoms with E-state index < -0.39 is 22.6 Å². The lowest BCUT2D eigenvalue weighted by atomic mass is 10.1. The molecule has 0 aromatic heterocycles. The highest BCUT2D eigenvalue weighted by molar-refractivity contribution is 7.99. The van der Waals surface area contributed by atoms with Crippen LogP contribution in [-0.4, -0.2) is 55.7 Å². The smallest absolute Gasteiger partial charge is 0.340 e. The van der Waals surface area contributed by atoms with Gasteiger partial charge in [-0.15, -0.1) is 0 Å². The van der Waals surface area contributed by atoms with Gasteiger partial charge in [0.15, 0.2) is 12.4 Å². The number of rotatable bonds is 6. The van der Waals surface area contributed by atoms with Crippen LogP contribution in [0.25, 0.3) is 0 Å². The van der Waals surface area contributed by atoms with E-state index in [-0.39, 0.29) is 26.3 Å². The second-order valence-corrected chi connectivity index (χ2v) is 10.1. The van der Waals surface area contributed by atoms with Crippen LogP contribution in [0.4, 0.5) is 0 Å². The number of carbonyl (C=O) groups excluding carboxylic acids is 2. The summed E-state index contributed by atoms with van der Waals surface area (Å²) >= 11 is 13.9. The monoisotopic (exact) mass is 473 g/mol. The molecule has 10 heteroatoms. The van der Waals surface area contributed by atoms with Gasteiger partial charge >= 0.3 is 5.97 Å². The van der Waals surface area contributed by atoms with Crippen molar-refractivity contribution in [2.45, 2.75) is 4.90 Å². The number of ketones is 1. The summed E-state index contributed by atoms with van der Waals surface area (Å²) in [6.45, 7) is 0.224. The lowest BCUT2D eigenvalue weighted by Gasteiger charge is -2.26. The third-order valence-electron chi connectivity index (χ3n) is 4.26.